The van der Waals surface area contributed by atoms with Gasteiger partial charge in [0.15, 0.2) is 6.10 Å². The van der Waals surface area contributed by atoms with Crippen molar-refractivity contribution in [1.82, 2.24) is 0 Å². The lowest BCUT2D eigenvalue weighted by Gasteiger charge is -2.65. The molecule has 0 bridgehead atoms. The van der Waals surface area contributed by atoms with Crippen molar-refractivity contribution >= 4 is 23.7 Å². The van der Waals surface area contributed by atoms with Crippen LogP contribution in [0.4, 0.5) is 0 Å². The van der Waals surface area contributed by atoms with Gasteiger partial charge in [0.1, 0.15) is 24.1 Å². The fraction of sp³-hybridized carbons (Fsp3) is 0.769. The number of ether oxygens (including phenoxy) is 5. The maximum absolute atomic E-state index is 14.3. The molecule has 0 aromatic rings. The predicted molar refractivity (Wildman–Crippen MR) is 117 cm³/mol. The molecule has 194 valence electrons. The molecule has 1 unspecified atom stereocenters. The Kier molecular flexibility index (Phi) is 4.06. The lowest BCUT2D eigenvalue weighted by atomic mass is 9.37. The zero-order valence-corrected chi connectivity index (χ0v) is 20.7. The van der Waals surface area contributed by atoms with Crippen molar-refractivity contribution in [2.24, 2.45) is 28.1 Å². The zero-order valence-electron chi connectivity index (χ0n) is 20.7. The average molecular weight is 503 g/mol. The minimum atomic E-state index is -1.53. The fourth-order valence-corrected chi connectivity index (χ4v) is 9.54. The number of epoxide rings is 1. The summed E-state index contributed by atoms with van der Waals surface area (Å²) in [6.45, 7) is 7.90. The minimum Gasteiger partial charge on any atom is -0.465 e. The van der Waals surface area contributed by atoms with Crippen molar-refractivity contribution < 1.29 is 48.0 Å². The second-order valence-electron chi connectivity index (χ2n) is 12.6. The lowest BCUT2D eigenvalue weighted by Crippen LogP contribution is -2.74. The standard InChI is InChI=1S/C26H30O10/c1-22(2)13-8-14(27)24(4)12(25(13)10-32-16(28)9-15(25)35-22)5-6-23(3)18(11-7-17(29)33-20(11)30)34-21(31)19-26(23,24)36-19/h7,12-13,15,18-20,30H,5-6,8-10H2,1-4H3/t12-,13-,15-,18-,19+,20?,23-,24-,25+,26+/m0/s1. The first-order chi connectivity index (χ1) is 16.8. The summed E-state index contributed by atoms with van der Waals surface area (Å²) in [5.41, 5.74) is -4.23. The monoisotopic (exact) mass is 502 g/mol. The van der Waals surface area contributed by atoms with E-state index in [2.05, 4.69) is 0 Å². The first kappa shape index (κ1) is 22.9. The Bertz CT molecular complexity index is 1170. The number of fused-ring (bicyclic) bond motifs is 1. The highest BCUT2D eigenvalue weighted by molar-refractivity contribution is 5.94. The maximum atomic E-state index is 14.3. The number of Topliss-reactive ketones (excluding diaryl/α,β-unsaturated/α-hetero) is 1. The smallest absolute Gasteiger partial charge is 0.339 e. The van der Waals surface area contributed by atoms with Gasteiger partial charge in [0, 0.05) is 34.8 Å². The molecule has 0 aromatic heterocycles. The van der Waals surface area contributed by atoms with E-state index < -0.39 is 64.0 Å². The molecule has 2 saturated carbocycles. The summed E-state index contributed by atoms with van der Waals surface area (Å²) in [6, 6.07) is 0. The van der Waals surface area contributed by atoms with E-state index in [1.165, 1.54) is 6.08 Å². The van der Waals surface area contributed by atoms with E-state index in [9.17, 15) is 24.3 Å². The third-order valence-corrected chi connectivity index (χ3v) is 11.0. The third-order valence-electron chi connectivity index (χ3n) is 11.0. The van der Waals surface area contributed by atoms with Gasteiger partial charge < -0.3 is 28.8 Å². The van der Waals surface area contributed by atoms with Gasteiger partial charge in [-0.15, -0.1) is 0 Å². The molecule has 0 aromatic carbocycles. The lowest BCUT2D eigenvalue weighted by molar-refractivity contribution is -0.223. The van der Waals surface area contributed by atoms with Crippen LogP contribution in [0.1, 0.15) is 53.4 Å². The van der Waals surface area contributed by atoms with Crippen LogP contribution in [-0.2, 0) is 42.9 Å². The van der Waals surface area contributed by atoms with E-state index in [0.717, 1.165) is 0 Å². The zero-order chi connectivity index (χ0) is 25.6. The summed E-state index contributed by atoms with van der Waals surface area (Å²) in [7, 11) is 0. The summed E-state index contributed by atoms with van der Waals surface area (Å²) in [6.07, 6.45) is -1.25. The number of hydrogen-bond acceptors (Lipinski definition) is 10. The van der Waals surface area contributed by atoms with Crippen molar-refractivity contribution in [3.63, 3.8) is 0 Å². The number of hydrogen-bond donors (Lipinski definition) is 1. The molecule has 10 nitrogen and oxygen atoms in total. The number of carbonyl (C=O) groups excluding carboxylic acids is 4. The molecule has 36 heavy (non-hydrogen) atoms. The molecular weight excluding hydrogens is 472 g/mol. The Balaban J connectivity index is 1.39. The molecule has 2 aliphatic carbocycles. The van der Waals surface area contributed by atoms with E-state index in [1.54, 1.807) is 0 Å². The third kappa shape index (κ3) is 2.23. The van der Waals surface area contributed by atoms with Gasteiger partial charge in [-0.3, -0.25) is 9.59 Å². The molecule has 7 rings (SSSR count). The Morgan fingerprint density at radius 2 is 1.69 bits per heavy atom. The first-order valence-electron chi connectivity index (χ1n) is 12.7. The van der Waals surface area contributed by atoms with Gasteiger partial charge in [-0.2, -0.15) is 0 Å². The van der Waals surface area contributed by atoms with Crippen molar-refractivity contribution in [2.75, 3.05) is 6.61 Å². The summed E-state index contributed by atoms with van der Waals surface area (Å²) in [5.74, 6) is -2.06. The first-order valence-corrected chi connectivity index (χ1v) is 12.7. The van der Waals surface area contributed by atoms with Crippen LogP contribution in [0.5, 0.6) is 0 Å². The van der Waals surface area contributed by atoms with Gasteiger partial charge in [-0.05, 0) is 39.5 Å². The molecule has 5 heterocycles. The molecule has 1 N–H and O–H groups in total. The van der Waals surface area contributed by atoms with Crippen molar-refractivity contribution in [2.45, 2.75) is 89.2 Å². The van der Waals surface area contributed by atoms with E-state index in [1.807, 2.05) is 27.7 Å². The number of aliphatic hydroxyl groups excluding tert-OH is 1. The molecule has 0 amide bonds. The van der Waals surface area contributed by atoms with Crippen LogP contribution in [0.25, 0.3) is 0 Å². The van der Waals surface area contributed by atoms with Crippen LogP contribution in [0.15, 0.2) is 11.6 Å². The Morgan fingerprint density at radius 1 is 0.944 bits per heavy atom. The molecular formula is C26H30O10. The Morgan fingerprint density at radius 3 is 2.39 bits per heavy atom. The molecule has 4 saturated heterocycles. The number of aliphatic hydroxyl groups is 1. The quantitative estimate of drug-likeness (QED) is 0.314. The van der Waals surface area contributed by atoms with Crippen molar-refractivity contribution in [3.05, 3.63) is 11.6 Å². The molecule has 6 fully saturated rings. The maximum Gasteiger partial charge on any atom is 0.339 e. The van der Waals surface area contributed by atoms with E-state index in [4.69, 9.17) is 23.7 Å². The summed E-state index contributed by atoms with van der Waals surface area (Å²) in [4.78, 5) is 51.7. The number of cyclic esters (lactones) is 3. The van der Waals surface area contributed by atoms with Gasteiger partial charge in [0.05, 0.1) is 23.5 Å². The largest absolute Gasteiger partial charge is 0.465 e. The van der Waals surface area contributed by atoms with Crippen LogP contribution in [0.2, 0.25) is 0 Å². The van der Waals surface area contributed by atoms with Gasteiger partial charge in [0.2, 0.25) is 6.29 Å². The normalized spacial score (nSPS) is 54.1. The van der Waals surface area contributed by atoms with Gasteiger partial charge in [-0.1, -0.05) is 6.92 Å². The van der Waals surface area contributed by atoms with Crippen LogP contribution in [0.3, 0.4) is 0 Å². The van der Waals surface area contributed by atoms with Crippen molar-refractivity contribution in [1.29, 1.82) is 0 Å². The van der Waals surface area contributed by atoms with Crippen LogP contribution in [0, 0.1) is 28.1 Å². The second-order valence-corrected chi connectivity index (χ2v) is 12.6. The molecule has 0 radical (unpaired) electrons. The molecule has 10 atom stereocenters. The van der Waals surface area contributed by atoms with Crippen LogP contribution < -0.4 is 0 Å². The number of ketones is 1. The molecule has 10 heteroatoms. The highest BCUT2D eigenvalue weighted by Crippen LogP contribution is 2.78. The molecule has 2 spiro atoms. The second kappa shape index (κ2) is 6.39. The van der Waals surface area contributed by atoms with Gasteiger partial charge in [-0.25, -0.2) is 9.59 Å². The van der Waals surface area contributed by atoms with Gasteiger partial charge in [0.25, 0.3) is 0 Å². The van der Waals surface area contributed by atoms with Crippen LogP contribution >= 0.6 is 0 Å². The topological polar surface area (TPSA) is 138 Å². The molecule has 5 aliphatic heterocycles. The predicted octanol–water partition coefficient (Wildman–Crippen LogP) is 0.973. The fourth-order valence-electron chi connectivity index (χ4n) is 9.54. The number of carbonyl (C=O) groups is 4. The summed E-state index contributed by atoms with van der Waals surface area (Å²) >= 11 is 0. The number of esters is 3. The SMILES string of the molecule is CC1(C)O[C@H]2CC(=O)OC[C@]23[C@H]2CC[C@@]4(C)[C@H](C5=CC(=O)OC5O)OC(=O)[C@H]5O[C@]54[C@]2(C)C(=O)C[C@@H]13. The van der Waals surface area contributed by atoms with E-state index in [0.29, 0.717) is 12.8 Å². The van der Waals surface area contributed by atoms with Gasteiger partial charge >= 0.3 is 17.9 Å². The highest BCUT2D eigenvalue weighted by atomic mass is 16.7. The number of rotatable bonds is 1. The Labute approximate surface area is 207 Å². The van der Waals surface area contributed by atoms with Crippen molar-refractivity contribution in [3.8, 4) is 0 Å². The highest BCUT2D eigenvalue weighted by Gasteiger charge is 2.90. The molecule has 7 aliphatic rings. The average Bonchev–Trinajstić information content (AvgIpc) is 3.43. The minimum absolute atomic E-state index is 0.00694. The Hall–Kier alpha value is -2.30. The van der Waals surface area contributed by atoms with E-state index in [-0.39, 0.29) is 48.6 Å². The summed E-state index contributed by atoms with van der Waals surface area (Å²) < 4.78 is 29.1. The summed E-state index contributed by atoms with van der Waals surface area (Å²) in [5, 5.41) is 10.4. The van der Waals surface area contributed by atoms with Crippen LogP contribution in [-0.4, -0.2) is 71.2 Å². The van der Waals surface area contributed by atoms with E-state index >= 15 is 0 Å².